The maximum Gasteiger partial charge on any atom is 0.252 e. The van der Waals surface area contributed by atoms with Crippen molar-refractivity contribution in [2.45, 2.75) is 78.6 Å². The lowest BCUT2D eigenvalue weighted by molar-refractivity contribution is 0.590. The van der Waals surface area contributed by atoms with Crippen LogP contribution in [-0.2, 0) is 16.2 Å². The van der Waals surface area contributed by atoms with Crippen molar-refractivity contribution >= 4 is 111 Å². The quantitative estimate of drug-likeness (QED) is 0.0811. The molecule has 0 saturated carbocycles. The molecule has 2 aliphatic heterocycles. The molecule has 488 valence electrons. The Morgan fingerprint density at radius 1 is 0.255 bits per heavy atom. The van der Waals surface area contributed by atoms with Gasteiger partial charge in [0, 0.05) is 61.5 Å². The average molecular weight is 1310 g/mol. The van der Waals surface area contributed by atoms with E-state index in [4.69, 9.17) is 0 Å². The molecule has 0 fully saturated rings. The molecule has 19 rings (SSSR count). The molecular formula is C98H78BN3. The van der Waals surface area contributed by atoms with Crippen LogP contribution in [0.2, 0.25) is 0 Å². The molecule has 3 nitrogen and oxygen atoms in total. The summed E-state index contributed by atoms with van der Waals surface area (Å²) in [6.45, 7) is 21.2. The fourth-order valence-corrected chi connectivity index (χ4v) is 17.2. The van der Waals surface area contributed by atoms with Crippen LogP contribution in [0.1, 0.15) is 79.0 Å². The van der Waals surface area contributed by atoms with E-state index in [1.54, 1.807) is 0 Å². The summed E-state index contributed by atoms with van der Waals surface area (Å²) in [4.78, 5) is 5.48. The summed E-state index contributed by atoms with van der Waals surface area (Å²) in [6, 6.07) is 118. The first-order valence-electron chi connectivity index (χ1n) is 36.3. The molecule has 3 heterocycles. The van der Waals surface area contributed by atoms with E-state index in [0.29, 0.717) is 0 Å². The second-order valence-electron chi connectivity index (χ2n) is 31.6. The summed E-state index contributed by atoms with van der Waals surface area (Å²) in [5.74, 6) is 0. The van der Waals surface area contributed by atoms with Crippen molar-refractivity contribution in [2.75, 3.05) is 9.80 Å². The van der Waals surface area contributed by atoms with E-state index >= 15 is 0 Å². The van der Waals surface area contributed by atoms with Gasteiger partial charge in [-0.2, -0.15) is 0 Å². The average Bonchev–Trinajstić information content (AvgIpc) is 1.55. The Hall–Kier alpha value is -11.7. The molecule has 0 amide bonds. The lowest BCUT2D eigenvalue weighted by atomic mass is 9.33. The van der Waals surface area contributed by atoms with E-state index < -0.39 is 0 Å². The van der Waals surface area contributed by atoms with Crippen LogP contribution >= 0.6 is 0 Å². The zero-order valence-electron chi connectivity index (χ0n) is 59.4. The zero-order valence-corrected chi connectivity index (χ0v) is 59.4. The van der Waals surface area contributed by atoms with Crippen LogP contribution in [0.25, 0.3) is 127 Å². The van der Waals surface area contributed by atoms with Crippen molar-refractivity contribution in [1.82, 2.24) is 4.57 Å². The van der Waals surface area contributed by atoms with E-state index in [9.17, 15) is 0 Å². The van der Waals surface area contributed by atoms with Gasteiger partial charge >= 0.3 is 0 Å². The molecule has 16 aromatic carbocycles. The van der Waals surface area contributed by atoms with E-state index in [1.807, 2.05) is 0 Å². The predicted octanol–water partition coefficient (Wildman–Crippen LogP) is 25.1. The fraction of sp³-hybridized carbons (Fsp3) is 0.122. The van der Waals surface area contributed by atoms with Crippen molar-refractivity contribution in [1.29, 1.82) is 0 Å². The van der Waals surface area contributed by atoms with Crippen LogP contribution in [0.4, 0.5) is 34.1 Å². The Morgan fingerprint density at radius 2 is 0.618 bits per heavy atom. The summed E-state index contributed by atoms with van der Waals surface area (Å²) in [7, 11) is 0. The van der Waals surface area contributed by atoms with E-state index in [1.165, 1.54) is 138 Å². The monoisotopic (exact) mass is 1310 g/mol. The van der Waals surface area contributed by atoms with Gasteiger partial charge in [0.15, 0.2) is 0 Å². The molecule has 0 saturated heterocycles. The maximum atomic E-state index is 2.75. The molecule has 0 radical (unpaired) electrons. The molecule has 1 aromatic heterocycles. The Balaban J connectivity index is 0.989. The third-order valence-corrected chi connectivity index (χ3v) is 22.3. The summed E-state index contributed by atoms with van der Waals surface area (Å²) in [6.07, 6.45) is 0. The minimum absolute atomic E-state index is 0.191. The Kier molecular flexibility index (Phi) is 13.8. The topological polar surface area (TPSA) is 11.4 Å². The first-order valence-corrected chi connectivity index (χ1v) is 36.3. The number of rotatable bonds is 9. The van der Waals surface area contributed by atoms with Gasteiger partial charge in [-0.15, -0.1) is 0 Å². The van der Waals surface area contributed by atoms with Gasteiger partial charge in [-0.05, 0) is 199 Å². The molecule has 102 heavy (non-hydrogen) atoms. The van der Waals surface area contributed by atoms with Crippen molar-refractivity contribution in [3.05, 3.63) is 326 Å². The van der Waals surface area contributed by atoms with E-state index in [-0.39, 0.29) is 23.0 Å². The molecule has 0 unspecified atom stereocenters. The first-order chi connectivity index (χ1) is 49.5. The van der Waals surface area contributed by atoms with Gasteiger partial charge < -0.3 is 14.4 Å². The highest BCUT2D eigenvalue weighted by Crippen LogP contribution is 2.57. The molecule has 0 aliphatic carbocycles. The molecular weight excluding hydrogens is 1230 g/mol. The third-order valence-electron chi connectivity index (χ3n) is 22.3. The van der Waals surface area contributed by atoms with Crippen LogP contribution in [-0.4, -0.2) is 11.3 Å². The van der Waals surface area contributed by atoms with Crippen LogP contribution in [0, 0.1) is 0 Å². The third kappa shape index (κ3) is 9.63. The fourth-order valence-electron chi connectivity index (χ4n) is 17.2. The minimum Gasteiger partial charge on any atom is -0.310 e. The number of nitrogens with zero attached hydrogens (tertiary/aromatic N) is 3. The van der Waals surface area contributed by atoms with E-state index in [0.717, 1.165) is 56.3 Å². The van der Waals surface area contributed by atoms with Crippen LogP contribution in [0.3, 0.4) is 0 Å². The molecule has 0 spiro atoms. The Morgan fingerprint density at radius 3 is 1.06 bits per heavy atom. The standard InChI is InChI=1S/C98H78BN3/c1-96(2,3)71-54-77(63-32-19-12-20-33-63)94(78(55-71)64-34-21-13-22-35-64)102-86-60-74(100-83-50-45-66-38-26-42-75-76-43-27-39-67-46-51-84(100)92(90(67)76)91(83)89(66)75)47-49-82(86)99-81-48-44-69(62-30-17-11-18-31-62)53-85(81)101(87-58-73(98(7,8)9)59-88(102)93(87)99)95-79(65-36-23-14-24-37-65)56-72(97(4,5)6)57-80(95)70-41-25-40-68(52-70)61-28-15-10-16-29-61/h10-60H,1-9H3. The molecule has 17 aromatic rings. The van der Waals surface area contributed by atoms with Gasteiger partial charge in [-0.3, -0.25) is 0 Å². The summed E-state index contributed by atoms with van der Waals surface area (Å²) in [5.41, 5.74) is 31.4. The largest absolute Gasteiger partial charge is 0.310 e. The second-order valence-corrected chi connectivity index (χ2v) is 31.6. The van der Waals surface area contributed by atoms with Crippen LogP contribution in [0.15, 0.2) is 309 Å². The molecule has 0 atom stereocenters. The van der Waals surface area contributed by atoms with Gasteiger partial charge in [0.1, 0.15) is 0 Å². The normalized spacial score (nSPS) is 13.1. The summed E-state index contributed by atoms with van der Waals surface area (Å²) >= 11 is 0. The van der Waals surface area contributed by atoms with Crippen molar-refractivity contribution in [3.8, 4) is 72.4 Å². The predicted molar refractivity (Wildman–Crippen MR) is 438 cm³/mol. The number of hydrogen-bond acceptors (Lipinski definition) is 2. The highest BCUT2D eigenvalue weighted by atomic mass is 15.2. The number of anilines is 6. The summed E-state index contributed by atoms with van der Waals surface area (Å²) < 4.78 is 2.59. The number of aromatic nitrogens is 1. The van der Waals surface area contributed by atoms with Crippen molar-refractivity contribution < 1.29 is 0 Å². The van der Waals surface area contributed by atoms with Gasteiger partial charge in [0.05, 0.1) is 22.4 Å². The number of hydrogen-bond donors (Lipinski definition) is 0. The van der Waals surface area contributed by atoms with Crippen LogP contribution < -0.4 is 26.2 Å². The molecule has 4 heteroatoms. The second kappa shape index (κ2) is 22.9. The highest BCUT2D eigenvalue weighted by Gasteiger charge is 2.47. The minimum atomic E-state index is -0.322. The lowest BCUT2D eigenvalue weighted by Crippen LogP contribution is -2.61. The number of benzene rings is 16. The zero-order chi connectivity index (χ0) is 69.1. The molecule has 2 aliphatic rings. The van der Waals surface area contributed by atoms with Gasteiger partial charge in [-0.1, -0.05) is 299 Å². The molecule has 0 N–H and O–H groups in total. The highest BCUT2D eigenvalue weighted by molar-refractivity contribution is 7.00. The Bertz CT molecular complexity index is 6000. The van der Waals surface area contributed by atoms with Gasteiger partial charge in [0.2, 0.25) is 0 Å². The van der Waals surface area contributed by atoms with Gasteiger partial charge in [-0.25, -0.2) is 0 Å². The number of fused-ring (bicyclic) bond motifs is 5. The lowest BCUT2D eigenvalue weighted by Gasteiger charge is -2.47. The van der Waals surface area contributed by atoms with Crippen molar-refractivity contribution in [3.63, 3.8) is 0 Å². The maximum absolute atomic E-state index is 2.75. The van der Waals surface area contributed by atoms with Crippen LogP contribution in [0.5, 0.6) is 0 Å². The smallest absolute Gasteiger partial charge is 0.252 e. The van der Waals surface area contributed by atoms with Crippen molar-refractivity contribution in [2.24, 2.45) is 0 Å². The molecule has 0 bridgehead atoms. The van der Waals surface area contributed by atoms with E-state index in [2.05, 4.69) is 386 Å². The SMILES string of the molecule is CC(C)(C)c1cc(-c2ccccc2)c(N2c3cc(-c4ccccc4)ccc3B3c4ccc(-n5c6ccc7cccc8c9cccc%10ccc5c(c%109)c6c78)cc4N(c4c(-c5ccccc5)cc(C(C)(C)C)cc4-c4ccccc4)c4cc(C(C)(C)C)cc2c43)c(-c2cccc(-c3ccccc3)c2)c1. The first kappa shape index (κ1) is 61.4. The Labute approximate surface area is 599 Å². The summed E-state index contributed by atoms with van der Waals surface area (Å²) in [5, 5.41) is 10.4. The van der Waals surface area contributed by atoms with Gasteiger partial charge in [0.25, 0.3) is 6.71 Å².